The van der Waals surface area contributed by atoms with E-state index >= 15 is 0 Å². The molecule has 0 unspecified atom stereocenters. The standard InChI is InChI=1S/C10H13F2N.ClH/c1-7-2-3-9(12)8(6-7)10(13)4-5-11;/h2-3,6,10H,4-5,13H2,1H3;1H/t10-;/m1./s1. The van der Waals surface area contributed by atoms with Crippen LogP contribution in [0, 0.1) is 12.7 Å². The Balaban J connectivity index is 0.00000169. The van der Waals surface area contributed by atoms with Crippen molar-refractivity contribution in [1.29, 1.82) is 0 Å². The summed E-state index contributed by atoms with van der Waals surface area (Å²) >= 11 is 0. The summed E-state index contributed by atoms with van der Waals surface area (Å²) in [6, 6.07) is 4.16. The summed E-state index contributed by atoms with van der Waals surface area (Å²) in [6.45, 7) is 1.33. The monoisotopic (exact) mass is 221 g/mol. The molecule has 1 aromatic rings. The van der Waals surface area contributed by atoms with Crippen molar-refractivity contribution in [2.45, 2.75) is 19.4 Å². The molecule has 0 bridgehead atoms. The van der Waals surface area contributed by atoms with Gasteiger partial charge in [0, 0.05) is 11.6 Å². The molecule has 0 amide bonds. The summed E-state index contributed by atoms with van der Waals surface area (Å²) in [6.07, 6.45) is 0.167. The Bertz CT molecular complexity index is 291. The van der Waals surface area contributed by atoms with Crippen LogP contribution in [0.25, 0.3) is 0 Å². The molecule has 80 valence electrons. The van der Waals surface area contributed by atoms with E-state index in [0.29, 0.717) is 5.56 Å². The lowest BCUT2D eigenvalue weighted by Gasteiger charge is -2.11. The summed E-state index contributed by atoms with van der Waals surface area (Å²) in [4.78, 5) is 0. The Labute approximate surface area is 88.7 Å². The molecule has 0 aliphatic carbocycles. The number of halogens is 3. The Morgan fingerprint density at radius 2 is 2.07 bits per heavy atom. The molecule has 1 atom stereocenters. The molecule has 1 aromatic carbocycles. The second-order valence-corrected chi connectivity index (χ2v) is 3.11. The van der Waals surface area contributed by atoms with Crippen molar-refractivity contribution in [3.63, 3.8) is 0 Å². The highest BCUT2D eigenvalue weighted by Gasteiger charge is 2.10. The first-order valence-corrected chi connectivity index (χ1v) is 4.22. The molecule has 0 heterocycles. The van der Waals surface area contributed by atoms with E-state index in [0.717, 1.165) is 5.56 Å². The summed E-state index contributed by atoms with van der Waals surface area (Å²) in [5.41, 5.74) is 6.93. The van der Waals surface area contributed by atoms with Crippen molar-refractivity contribution in [1.82, 2.24) is 0 Å². The maximum absolute atomic E-state index is 13.1. The SMILES string of the molecule is Cc1ccc(F)c([C@H](N)CCF)c1.Cl. The van der Waals surface area contributed by atoms with Gasteiger partial charge in [0.05, 0.1) is 6.67 Å². The van der Waals surface area contributed by atoms with Crippen molar-refractivity contribution >= 4 is 12.4 Å². The van der Waals surface area contributed by atoms with Crippen molar-refractivity contribution < 1.29 is 8.78 Å². The zero-order valence-electron chi connectivity index (χ0n) is 7.97. The Morgan fingerprint density at radius 1 is 1.43 bits per heavy atom. The van der Waals surface area contributed by atoms with Crippen LogP contribution in [0.3, 0.4) is 0 Å². The molecule has 14 heavy (non-hydrogen) atoms. The second kappa shape index (κ2) is 5.94. The van der Waals surface area contributed by atoms with Gasteiger partial charge in [-0.1, -0.05) is 17.7 Å². The van der Waals surface area contributed by atoms with Gasteiger partial charge >= 0.3 is 0 Å². The Morgan fingerprint density at radius 3 is 2.64 bits per heavy atom. The molecule has 1 nitrogen and oxygen atoms in total. The first-order valence-electron chi connectivity index (χ1n) is 4.22. The van der Waals surface area contributed by atoms with Gasteiger partial charge in [0.1, 0.15) is 5.82 Å². The summed E-state index contributed by atoms with van der Waals surface area (Å²) < 4.78 is 25.1. The molecule has 0 aliphatic heterocycles. The fourth-order valence-electron chi connectivity index (χ4n) is 1.22. The number of hydrogen-bond donors (Lipinski definition) is 1. The maximum atomic E-state index is 13.1. The number of hydrogen-bond acceptors (Lipinski definition) is 1. The average molecular weight is 222 g/mol. The van der Waals surface area contributed by atoms with E-state index in [4.69, 9.17) is 5.73 Å². The van der Waals surface area contributed by atoms with E-state index in [1.54, 1.807) is 12.1 Å². The van der Waals surface area contributed by atoms with E-state index in [1.165, 1.54) is 6.07 Å². The van der Waals surface area contributed by atoms with Crippen molar-refractivity contribution in [2.24, 2.45) is 5.73 Å². The largest absolute Gasteiger partial charge is 0.324 e. The maximum Gasteiger partial charge on any atom is 0.127 e. The minimum Gasteiger partial charge on any atom is -0.324 e. The number of aryl methyl sites for hydroxylation is 1. The zero-order chi connectivity index (χ0) is 9.84. The van der Waals surface area contributed by atoms with Crippen LogP contribution < -0.4 is 5.73 Å². The van der Waals surface area contributed by atoms with Crippen LogP contribution in [-0.2, 0) is 0 Å². The number of benzene rings is 1. The predicted octanol–water partition coefficient (Wildman–Crippen LogP) is 2.92. The van der Waals surface area contributed by atoms with Gasteiger partial charge in [-0.3, -0.25) is 4.39 Å². The first kappa shape index (κ1) is 13.3. The molecule has 1 rings (SSSR count). The van der Waals surface area contributed by atoms with Gasteiger partial charge in [-0.2, -0.15) is 0 Å². The lowest BCUT2D eigenvalue weighted by atomic mass is 10.0. The van der Waals surface area contributed by atoms with Gasteiger partial charge in [-0.15, -0.1) is 12.4 Å². The lowest BCUT2D eigenvalue weighted by molar-refractivity contribution is 0.435. The fourth-order valence-corrected chi connectivity index (χ4v) is 1.22. The highest BCUT2D eigenvalue weighted by molar-refractivity contribution is 5.85. The quantitative estimate of drug-likeness (QED) is 0.835. The van der Waals surface area contributed by atoms with Gasteiger partial charge in [0.2, 0.25) is 0 Å². The molecule has 0 fully saturated rings. The van der Waals surface area contributed by atoms with Gasteiger partial charge < -0.3 is 5.73 Å². The molecule has 0 saturated carbocycles. The molecule has 0 radical (unpaired) electrons. The first-order chi connectivity index (χ1) is 6.15. The molecular formula is C10H14ClF2N. The van der Waals surface area contributed by atoms with Crippen LogP contribution in [-0.4, -0.2) is 6.67 Å². The third-order valence-electron chi connectivity index (χ3n) is 1.97. The molecule has 0 aliphatic rings. The molecular weight excluding hydrogens is 208 g/mol. The van der Waals surface area contributed by atoms with Crippen molar-refractivity contribution in [3.8, 4) is 0 Å². The summed E-state index contributed by atoms with van der Waals surface area (Å²) in [5, 5.41) is 0. The summed E-state index contributed by atoms with van der Waals surface area (Å²) in [7, 11) is 0. The molecule has 0 aromatic heterocycles. The van der Waals surface area contributed by atoms with E-state index < -0.39 is 12.7 Å². The van der Waals surface area contributed by atoms with Crippen LogP contribution in [0.15, 0.2) is 18.2 Å². The van der Waals surface area contributed by atoms with Crippen LogP contribution in [0.4, 0.5) is 8.78 Å². The van der Waals surface area contributed by atoms with Gasteiger partial charge in [-0.05, 0) is 19.4 Å². The third kappa shape index (κ3) is 3.24. The Kier molecular flexibility index (Phi) is 5.65. The van der Waals surface area contributed by atoms with Gasteiger partial charge in [0.25, 0.3) is 0 Å². The molecule has 0 saturated heterocycles. The van der Waals surface area contributed by atoms with E-state index in [2.05, 4.69) is 0 Å². The number of alkyl halides is 1. The van der Waals surface area contributed by atoms with Crippen molar-refractivity contribution in [3.05, 3.63) is 35.1 Å². The normalized spacial score (nSPS) is 12.0. The average Bonchev–Trinajstić information content (AvgIpc) is 2.09. The van der Waals surface area contributed by atoms with Crippen LogP contribution in [0.2, 0.25) is 0 Å². The highest BCUT2D eigenvalue weighted by Crippen LogP contribution is 2.19. The van der Waals surface area contributed by atoms with E-state index in [1.807, 2.05) is 6.92 Å². The van der Waals surface area contributed by atoms with Gasteiger partial charge in [0.15, 0.2) is 0 Å². The highest BCUT2D eigenvalue weighted by atomic mass is 35.5. The minimum atomic E-state index is -0.537. The molecule has 2 N–H and O–H groups in total. The van der Waals surface area contributed by atoms with E-state index in [9.17, 15) is 8.78 Å². The van der Waals surface area contributed by atoms with Crippen LogP contribution in [0.5, 0.6) is 0 Å². The van der Waals surface area contributed by atoms with Crippen molar-refractivity contribution in [2.75, 3.05) is 6.67 Å². The zero-order valence-corrected chi connectivity index (χ0v) is 8.78. The minimum absolute atomic E-state index is 0. The fraction of sp³-hybridized carbons (Fsp3) is 0.400. The topological polar surface area (TPSA) is 26.0 Å². The van der Waals surface area contributed by atoms with Crippen LogP contribution in [0.1, 0.15) is 23.6 Å². The second-order valence-electron chi connectivity index (χ2n) is 3.11. The summed E-state index contributed by atoms with van der Waals surface area (Å²) in [5.74, 6) is -0.355. The molecule has 4 heteroatoms. The third-order valence-corrected chi connectivity index (χ3v) is 1.97. The number of rotatable bonds is 3. The molecule has 0 spiro atoms. The predicted molar refractivity (Wildman–Crippen MR) is 55.9 cm³/mol. The van der Waals surface area contributed by atoms with Gasteiger partial charge in [-0.25, -0.2) is 4.39 Å². The van der Waals surface area contributed by atoms with E-state index in [-0.39, 0.29) is 24.6 Å². The lowest BCUT2D eigenvalue weighted by Crippen LogP contribution is -2.12. The Hall–Kier alpha value is -0.670. The smallest absolute Gasteiger partial charge is 0.127 e. The van der Waals surface area contributed by atoms with Crippen LogP contribution >= 0.6 is 12.4 Å². The number of nitrogens with two attached hydrogens (primary N) is 1.